The molecule has 6 nitrogen and oxygen atoms in total. The van der Waals surface area contributed by atoms with Gasteiger partial charge >= 0.3 is 0 Å². The SMILES string of the molecule is CS(=O)(=O)N1CCC2(CCOCC2COc2cccnc2)CC1. The van der Waals surface area contributed by atoms with E-state index in [1.165, 1.54) is 6.26 Å². The van der Waals surface area contributed by atoms with Crippen LogP contribution in [0, 0.1) is 11.3 Å². The Bertz CT molecular complexity index is 612. The van der Waals surface area contributed by atoms with Gasteiger partial charge in [0.25, 0.3) is 0 Å². The third-order valence-corrected chi connectivity index (χ3v) is 6.51. The molecule has 1 spiro atoms. The monoisotopic (exact) mass is 340 g/mol. The van der Waals surface area contributed by atoms with E-state index in [9.17, 15) is 8.42 Å². The molecule has 3 heterocycles. The zero-order valence-electron chi connectivity index (χ0n) is 13.5. The standard InChI is InChI=1S/C16H24N2O4S/c1-23(19,20)18-8-4-16(5-9-18)6-10-21-12-14(16)13-22-15-3-2-7-17-11-15/h2-3,7,11,14H,4-6,8-10,12-13H2,1H3. The summed E-state index contributed by atoms with van der Waals surface area (Å²) in [5.74, 6) is 1.06. The van der Waals surface area contributed by atoms with Crippen LogP contribution in [-0.4, -0.2) is 56.9 Å². The quantitative estimate of drug-likeness (QED) is 0.832. The number of hydrogen-bond donors (Lipinski definition) is 0. The fourth-order valence-corrected chi connectivity index (χ4v) is 4.50. The lowest BCUT2D eigenvalue weighted by Gasteiger charge is -2.48. The summed E-state index contributed by atoms with van der Waals surface area (Å²) in [6, 6.07) is 3.75. The van der Waals surface area contributed by atoms with Crippen molar-refractivity contribution in [2.75, 3.05) is 39.2 Å². The third-order valence-electron chi connectivity index (χ3n) is 5.20. The van der Waals surface area contributed by atoms with Crippen LogP contribution in [0.25, 0.3) is 0 Å². The molecular formula is C16H24N2O4S. The molecule has 0 radical (unpaired) electrons. The highest BCUT2D eigenvalue weighted by molar-refractivity contribution is 7.88. The fourth-order valence-electron chi connectivity index (χ4n) is 3.66. The summed E-state index contributed by atoms with van der Waals surface area (Å²) >= 11 is 0. The molecular weight excluding hydrogens is 316 g/mol. The van der Waals surface area contributed by atoms with Gasteiger partial charge in [-0.2, -0.15) is 0 Å². The van der Waals surface area contributed by atoms with Crippen molar-refractivity contribution in [3.63, 3.8) is 0 Å². The molecule has 0 bridgehead atoms. The van der Waals surface area contributed by atoms with E-state index in [0.717, 1.165) is 31.6 Å². The van der Waals surface area contributed by atoms with Crippen LogP contribution in [0.4, 0.5) is 0 Å². The molecule has 1 aromatic heterocycles. The van der Waals surface area contributed by atoms with Gasteiger partial charge in [-0.25, -0.2) is 12.7 Å². The lowest BCUT2D eigenvalue weighted by atomic mass is 9.66. The van der Waals surface area contributed by atoms with Crippen LogP contribution in [0.5, 0.6) is 5.75 Å². The van der Waals surface area contributed by atoms with Gasteiger partial charge in [-0.1, -0.05) is 0 Å². The van der Waals surface area contributed by atoms with E-state index in [4.69, 9.17) is 9.47 Å². The highest BCUT2D eigenvalue weighted by Crippen LogP contribution is 2.45. The average molecular weight is 340 g/mol. The zero-order chi connectivity index (χ0) is 16.3. The number of piperidine rings is 1. The lowest BCUT2D eigenvalue weighted by molar-refractivity contribution is -0.0787. The first-order chi connectivity index (χ1) is 11.0. The minimum Gasteiger partial charge on any atom is -0.492 e. The number of aromatic nitrogens is 1. The Labute approximate surface area is 137 Å². The molecule has 1 aromatic rings. The van der Waals surface area contributed by atoms with E-state index < -0.39 is 10.0 Å². The molecule has 1 unspecified atom stereocenters. The van der Waals surface area contributed by atoms with Crippen molar-refractivity contribution in [2.24, 2.45) is 11.3 Å². The largest absolute Gasteiger partial charge is 0.492 e. The van der Waals surface area contributed by atoms with Gasteiger partial charge in [0.05, 0.1) is 25.7 Å². The summed E-state index contributed by atoms with van der Waals surface area (Å²) in [5, 5.41) is 0. The van der Waals surface area contributed by atoms with E-state index in [1.54, 1.807) is 16.7 Å². The molecule has 0 aromatic carbocycles. The van der Waals surface area contributed by atoms with E-state index in [-0.39, 0.29) is 11.3 Å². The molecule has 23 heavy (non-hydrogen) atoms. The van der Waals surface area contributed by atoms with Gasteiger partial charge in [-0.15, -0.1) is 0 Å². The number of ether oxygens (including phenoxy) is 2. The minimum atomic E-state index is -3.09. The molecule has 1 atom stereocenters. The predicted octanol–water partition coefficient (Wildman–Crippen LogP) is 1.54. The van der Waals surface area contributed by atoms with Crippen molar-refractivity contribution < 1.29 is 17.9 Å². The number of nitrogens with zero attached hydrogens (tertiary/aromatic N) is 2. The smallest absolute Gasteiger partial charge is 0.211 e. The molecule has 2 saturated heterocycles. The molecule has 7 heteroatoms. The van der Waals surface area contributed by atoms with Crippen molar-refractivity contribution >= 4 is 10.0 Å². The second-order valence-corrected chi connectivity index (χ2v) is 8.53. The second-order valence-electron chi connectivity index (χ2n) is 6.55. The molecule has 0 N–H and O–H groups in total. The van der Waals surface area contributed by atoms with Crippen LogP contribution in [0.1, 0.15) is 19.3 Å². The lowest BCUT2D eigenvalue weighted by Crippen LogP contribution is -2.50. The Balaban J connectivity index is 1.65. The highest BCUT2D eigenvalue weighted by Gasteiger charge is 2.45. The van der Waals surface area contributed by atoms with E-state index >= 15 is 0 Å². The molecule has 128 valence electrons. The maximum Gasteiger partial charge on any atom is 0.211 e. The van der Waals surface area contributed by atoms with Gasteiger partial charge in [0.15, 0.2) is 0 Å². The Morgan fingerprint density at radius 2 is 2.17 bits per heavy atom. The van der Waals surface area contributed by atoms with E-state index in [0.29, 0.717) is 26.3 Å². The van der Waals surface area contributed by atoms with Crippen LogP contribution >= 0.6 is 0 Å². The summed E-state index contributed by atoms with van der Waals surface area (Å²) < 4.78 is 36.6. The topological polar surface area (TPSA) is 68.7 Å². The van der Waals surface area contributed by atoms with Crippen LogP contribution < -0.4 is 4.74 Å². The van der Waals surface area contributed by atoms with Gasteiger partial charge in [-0.05, 0) is 36.8 Å². The second kappa shape index (κ2) is 6.75. The maximum absolute atomic E-state index is 11.7. The number of rotatable bonds is 4. The third kappa shape index (κ3) is 3.84. The van der Waals surface area contributed by atoms with E-state index in [2.05, 4.69) is 4.98 Å². The Morgan fingerprint density at radius 1 is 1.39 bits per heavy atom. The molecule has 0 amide bonds. The van der Waals surface area contributed by atoms with Crippen molar-refractivity contribution in [2.45, 2.75) is 19.3 Å². The number of hydrogen-bond acceptors (Lipinski definition) is 5. The molecule has 2 fully saturated rings. The van der Waals surface area contributed by atoms with Gasteiger partial charge in [0, 0.05) is 31.8 Å². The molecule has 2 aliphatic rings. The van der Waals surface area contributed by atoms with E-state index in [1.807, 2.05) is 12.1 Å². The zero-order valence-corrected chi connectivity index (χ0v) is 14.3. The summed E-state index contributed by atoms with van der Waals surface area (Å²) in [6.07, 6.45) is 7.46. The van der Waals surface area contributed by atoms with Gasteiger partial charge in [-0.3, -0.25) is 4.98 Å². The average Bonchev–Trinajstić information content (AvgIpc) is 2.55. The Hall–Kier alpha value is -1.18. The van der Waals surface area contributed by atoms with Crippen molar-refractivity contribution in [1.29, 1.82) is 0 Å². The summed E-state index contributed by atoms with van der Waals surface area (Å²) in [6.45, 7) is 3.22. The van der Waals surface area contributed by atoms with Crippen molar-refractivity contribution in [3.05, 3.63) is 24.5 Å². The molecule has 0 saturated carbocycles. The van der Waals surface area contributed by atoms with Gasteiger partial charge in [0.2, 0.25) is 10.0 Å². The normalized spacial score (nSPS) is 25.3. The summed E-state index contributed by atoms with van der Waals surface area (Å²) in [5.41, 5.74) is 0.127. The van der Waals surface area contributed by atoms with Crippen LogP contribution in [0.15, 0.2) is 24.5 Å². The first kappa shape index (κ1) is 16.7. The number of sulfonamides is 1. The Morgan fingerprint density at radius 3 is 2.83 bits per heavy atom. The van der Waals surface area contributed by atoms with Crippen molar-refractivity contribution in [3.8, 4) is 5.75 Å². The van der Waals surface area contributed by atoms with Crippen LogP contribution in [0.3, 0.4) is 0 Å². The predicted molar refractivity (Wildman–Crippen MR) is 86.7 cm³/mol. The molecule has 2 aliphatic heterocycles. The number of pyridine rings is 1. The van der Waals surface area contributed by atoms with Gasteiger partial charge in [0.1, 0.15) is 5.75 Å². The van der Waals surface area contributed by atoms with Crippen molar-refractivity contribution in [1.82, 2.24) is 9.29 Å². The summed E-state index contributed by atoms with van der Waals surface area (Å²) in [7, 11) is -3.09. The fraction of sp³-hybridized carbons (Fsp3) is 0.688. The maximum atomic E-state index is 11.7. The summed E-state index contributed by atoms with van der Waals surface area (Å²) in [4.78, 5) is 4.06. The highest BCUT2D eigenvalue weighted by atomic mass is 32.2. The minimum absolute atomic E-state index is 0.127. The van der Waals surface area contributed by atoms with Crippen LogP contribution in [0.2, 0.25) is 0 Å². The first-order valence-corrected chi connectivity index (χ1v) is 9.90. The first-order valence-electron chi connectivity index (χ1n) is 8.05. The van der Waals surface area contributed by atoms with Crippen LogP contribution in [-0.2, 0) is 14.8 Å². The molecule has 3 rings (SSSR count). The molecule has 0 aliphatic carbocycles. The Kier molecular flexibility index (Phi) is 4.89. The van der Waals surface area contributed by atoms with Gasteiger partial charge < -0.3 is 9.47 Å².